The van der Waals surface area contributed by atoms with Gasteiger partial charge in [0.2, 0.25) is 0 Å². The smallest absolute Gasteiger partial charge is 0.254 e. The zero-order valence-corrected chi connectivity index (χ0v) is 15.4. The fourth-order valence-corrected chi connectivity index (χ4v) is 3.27. The molecular weight excluding hydrogens is 330 g/mol. The molecule has 1 aliphatic rings. The van der Waals surface area contributed by atoms with Gasteiger partial charge in [-0.05, 0) is 37.3 Å². The minimum atomic E-state index is 0.0922. The third-order valence-corrected chi connectivity index (χ3v) is 4.67. The van der Waals surface area contributed by atoms with Gasteiger partial charge in [-0.15, -0.1) is 0 Å². The average Bonchev–Trinajstić information content (AvgIpc) is 2.69. The van der Waals surface area contributed by atoms with Crippen LogP contribution in [0, 0.1) is 0 Å². The summed E-state index contributed by atoms with van der Waals surface area (Å²) in [5, 5.41) is 0. The van der Waals surface area contributed by atoms with E-state index in [0.717, 1.165) is 44.2 Å². The van der Waals surface area contributed by atoms with Crippen LogP contribution in [0.3, 0.4) is 0 Å². The van der Waals surface area contributed by atoms with E-state index in [0.29, 0.717) is 12.2 Å². The van der Waals surface area contributed by atoms with Gasteiger partial charge in [-0.2, -0.15) is 0 Å². The molecule has 0 aliphatic carbocycles. The Morgan fingerprint density at radius 3 is 2.54 bits per heavy atom. The first-order valence-electron chi connectivity index (χ1n) is 9.04. The third-order valence-electron chi connectivity index (χ3n) is 4.67. The minimum absolute atomic E-state index is 0.0922. The number of benzene rings is 1. The summed E-state index contributed by atoms with van der Waals surface area (Å²) in [6.07, 6.45) is 3.32. The SMILES string of the molecule is CCOc1cc(C[NH+]2CCN(C(=O)c3ccncc3)CC2)ccc1OC. The molecule has 2 heterocycles. The first-order chi connectivity index (χ1) is 12.7. The molecule has 1 N–H and O–H groups in total. The van der Waals surface area contributed by atoms with Crippen LogP contribution in [0.15, 0.2) is 42.7 Å². The van der Waals surface area contributed by atoms with Crippen molar-refractivity contribution in [2.24, 2.45) is 0 Å². The molecule has 0 saturated carbocycles. The van der Waals surface area contributed by atoms with E-state index in [1.54, 1.807) is 31.6 Å². The second kappa shape index (κ2) is 8.67. The molecule has 0 atom stereocenters. The Kier molecular flexibility index (Phi) is 6.07. The first-order valence-corrected chi connectivity index (χ1v) is 9.04. The largest absolute Gasteiger partial charge is 0.493 e. The zero-order valence-electron chi connectivity index (χ0n) is 15.4. The van der Waals surface area contributed by atoms with Gasteiger partial charge in [-0.3, -0.25) is 9.78 Å². The van der Waals surface area contributed by atoms with Gasteiger partial charge in [0, 0.05) is 23.5 Å². The number of ether oxygens (including phenoxy) is 2. The van der Waals surface area contributed by atoms with Crippen molar-refractivity contribution in [3.05, 3.63) is 53.9 Å². The lowest BCUT2D eigenvalue weighted by molar-refractivity contribution is -0.917. The van der Waals surface area contributed by atoms with Crippen LogP contribution in [0.25, 0.3) is 0 Å². The average molecular weight is 356 g/mol. The van der Waals surface area contributed by atoms with Crippen LogP contribution in [0.5, 0.6) is 11.5 Å². The van der Waals surface area contributed by atoms with E-state index in [1.165, 1.54) is 10.5 Å². The number of nitrogens with zero attached hydrogens (tertiary/aromatic N) is 2. The number of hydrogen-bond acceptors (Lipinski definition) is 4. The molecule has 26 heavy (non-hydrogen) atoms. The van der Waals surface area contributed by atoms with Gasteiger partial charge in [-0.1, -0.05) is 0 Å². The Bertz CT molecular complexity index is 728. The number of pyridine rings is 1. The number of quaternary nitrogens is 1. The molecule has 0 spiro atoms. The van der Waals surface area contributed by atoms with Gasteiger partial charge in [0.1, 0.15) is 6.54 Å². The highest BCUT2D eigenvalue weighted by atomic mass is 16.5. The quantitative estimate of drug-likeness (QED) is 0.840. The summed E-state index contributed by atoms with van der Waals surface area (Å²) < 4.78 is 11.0. The maximum absolute atomic E-state index is 12.5. The van der Waals surface area contributed by atoms with Crippen molar-refractivity contribution in [2.75, 3.05) is 39.9 Å². The van der Waals surface area contributed by atoms with Gasteiger partial charge < -0.3 is 19.3 Å². The van der Waals surface area contributed by atoms with E-state index in [1.807, 2.05) is 17.9 Å². The first kappa shape index (κ1) is 18.2. The molecule has 1 fully saturated rings. The summed E-state index contributed by atoms with van der Waals surface area (Å²) in [7, 11) is 1.65. The lowest BCUT2D eigenvalue weighted by Crippen LogP contribution is -3.13. The lowest BCUT2D eigenvalue weighted by atomic mass is 10.1. The second-order valence-electron chi connectivity index (χ2n) is 6.37. The van der Waals surface area contributed by atoms with Crippen LogP contribution in [0.4, 0.5) is 0 Å². The molecule has 2 aromatic rings. The highest BCUT2D eigenvalue weighted by Gasteiger charge is 2.24. The summed E-state index contributed by atoms with van der Waals surface area (Å²) >= 11 is 0. The van der Waals surface area contributed by atoms with Crippen molar-refractivity contribution in [2.45, 2.75) is 13.5 Å². The molecule has 1 saturated heterocycles. The number of aromatic nitrogens is 1. The second-order valence-corrected chi connectivity index (χ2v) is 6.37. The van der Waals surface area contributed by atoms with Gasteiger partial charge in [0.05, 0.1) is 39.9 Å². The van der Waals surface area contributed by atoms with Crippen molar-refractivity contribution in [1.29, 1.82) is 0 Å². The topological polar surface area (TPSA) is 56.1 Å². The highest BCUT2D eigenvalue weighted by molar-refractivity contribution is 5.94. The number of methoxy groups -OCH3 is 1. The standard InChI is InChI=1S/C20H25N3O3/c1-3-26-19-14-16(4-5-18(19)25-2)15-22-10-12-23(13-11-22)20(24)17-6-8-21-9-7-17/h4-9,14H,3,10-13,15H2,1-2H3/p+1. The number of rotatable bonds is 6. The Balaban J connectivity index is 1.57. The van der Waals surface area contributed by atoms with Crippen LogP contribution in [-0.4, -0.2) is 55.7 Å². The molecule has 6 heteroatoms. The van der Waals surface area contributed by atoms with Gasteiger partial charge in [0.15, 0.2) is 11.5 Å². The van der Waals surface area contributed by atoms with Crippen LogP contribution in [0.1, 0.15) is 22.8 Å². The Hall–Kier alpha value is -2.60. The monoisotopic (exact) mass is 356 g/mol. The van der Waals surface area contributed by atoms with E-state index in [4.69, 9.17) is 9.47 Å². The number of amides is 1. The summed E-state index contributed by atoms with van der Waals surface area (Å²) in [6.45, 7) is 6.91. The van der Waals surface area contributed by atoms with E-state index in [-0.39, 0.29) is 5.91 Å². The number of hydrogen-bond donors (Lipinski definition) is 1. The molecule has 1 aromatic carbocycles. The minimum Gasteiger partial charge on any atom is -0.493 e. The number of nitrogens with one attached hydrogen (secondary N) is 1. The fraction of sp³-hybridized carbons (Fsp3) is 0.400. The van der Waals surface area contributed by atoms with Gasteiger partial charge in [0.25, 0.3) is 5.91 Å². The molecule has 138 valence electrons. The molecule has 1 aromatic heterocycles. The van der Waals surface area contributed by atoms with Gasteiger partial charge in [-0.25, -0.2) is 0 Å². The summed E-state index contributed by atoms with van der Waals surface area (Å²) in [5.74, 6) is 1.64. The summed E-state index contributed by atoms with van der Waals surface area (Å²) in [4.78, 5) is 19.9. The predicted octanol–water partition coefficient (Wildman–Crippen LogP) is 1.03. The van der Waals surface area contributed by atoms with E-state index in [9.17, 15) is 4.79 Å². The zero-order chi connectivity index (χ0) is 18.4. The fourth-order valence-electron chi connectivity index (χ4n) is 3.27. The molecule has 0 unspecified atom stereocenters. The van der Waals surface area contributed by atoms with Crippen LogP contribution in [0.2, 0.25) is 0 Å². The highest BCUT2D eigenvalue weighted by Crippen LogP contribution is 2.27. The van der Waals surface area contributed by atoms with Crippen molar-refractivity contribution in [1.82, 2.24) is 9.88 Å². The molecule has 6 nitrogen and oxygen atoms in total. The van der Waals surface area contributed by atoms with Crippen molar-refractivity contribution >= 4 is 5.91 Å². The summed E-state index contributed by atoms with van der Waals surface area (Å²) in [5.41, 5.74) is 1.93. The Morgan fingerprint density at radius 1 is 1.15 bits per heavy atom. The van der Waals surface area contributed by atoms with E-state index < -0.39 is 0 Å². The summed E-state index contributed by atoms with van der Waals surface area (Å²) in [6, 6.07) is 9.65. The molecule has 0 bridgehead atoms. The Labute approximate surface area is 154 Å². The van der Waals surface area contributed by atoms with Crippen LogP contribution >= 0.6 is 0 Å². The van der Waals surface area contributed by atoms with Crippen LogP contribution < -0.4 is 14.4 Å². The molecule has 0 radical (unpaired) electrons. The lowest BCUT2D eigenvalue weighted by Gasteiger charge is -2.32. The normalized spacial score (nSPS) is 14.9. The maximum Gasteiger partial charge on any atom is 0.254 e. The molecular formula is C20H26N3O3+. The molecule has 3 rings (SSSR count). The van der Waals surface area contributed by atoms with Crippen molar-refractivity contribution in [3.8, 4) is 11.5 Å². The van der Waals surface area contributed by atoms with Crippen molar-refractivity contribution in [3.63, 3.8) is 0 Å². The third kappa shape index (κ3) is 4.32. The van der Waals surface area contributed by atoms with Crippen LogP contribution in [-0.2, 0) is 6.54 Å². The molecule has 1 aliphatic heterocycles. The number of carbonyl (C=O) groups excluding carboxylic acids is 1. The van der Waals surface area contributed by atoms with Gasteiger partial charge >= 0.3 is 0 Å². The maximum atomic E-state index is 12.5. The number of piperazine rings is 1. The van der Waals surface area contributed by atoms with E-state index >= 15 is 0 Å². The van der Waals surface area contributed by atoms with Crippen molar-refractivity contribution < 1.29 is 19.2 Å². The Morgan fingerprint density at radius 2 is 1.88 bits per heavy atom. The predicted molar refractivity (Wildman–Crippen MR) is 98.7 cm³/mol. The van der Waals surface area contributed by atoms with E-state index in [2.05, 4.69) is 17.1 Å². The number of carbonyl (C=O) groups is 1. The molecule has 1 amide bonds.